The zero-order chi connectivity index (χ0) is 15.1. The monoisotopic (exact) mass is 309 g/mol. The summed E-state index contributed by atoms with van der Waals surface area (Å²) in [7, 11) is 0. The lowest BCUT2D eigenvalue weighted by Crippen LogP contribution is -2.26. The van der Waals surface area contributed by atoms with Crippen LogP contribution in [0.25, 0.3) is 0 Å². The van der Waals surface area contributed by atoms with E-state index in [-0.39, 0.29) is 17.4 Å². The van der Waals surface area contributed by atoms with Crippen LogP contribution in [0.15, 0.2) is 33.3 Å². The van der Waals surface area contributed by atoms with Gasteiger partial charge in [0.15, 0.2) is 5.09 Å². The highest BCUT2D eigenvalue weighted by Gasteiger charge is 2.11. The van der Waals surface area contributed by atoms with Crippen LogP contribution in [0.4, 0.5) is 0 Å². The van der Waals surface area contributed by atoms with Crippen molar-refractivity contribution in [3.8, 4) is 0 Å². The molecular weight excluding hydrogens is 290 g/mol. The van der Waals surface area contributed by atoms with Gasteiger partial charge in [-0.1, -0.05) is 23.4 Å². The molecule has 0 aromatic carbocycles. The highest BCUT2D eigenvalue weighted by atomic mass is 32.2. The first-order chi connectivity index (χ1) is 10.1. The van der Waals surface area contributed by atoms with Crippen molar-refractivity contribution in [2.24, 2.45) is 0 Å². The molecule has 21 heavy (non-hydrogen) atoms. The molecular formula is C15H19NO4S. The molecule has 0 radical (unpaired) electrons. The van der Waals surface area contributed by atoms with Gasteiger partial charge in [0.1, 0.15) is 0 Å². The van der Waals surface area contributed by atoms with Crippen molar-refractivity contribution in [3.63, 3.8) is 0 Å². The molecule has 2 N–H and O–H groups in total. The fraction of sp³-hybridized carbons (Fsp3) is 0.467. The molecule has 0 atom stereocenters. The van der Waals surface area contributed by atoms with Crippen LogP contribution < -0.4 is 5.32 Å². The second-order valence-electron chi connectivity index (χ2n) is 4.92. The number of carboxylic acids is 1. The van der Waals surface area contributed by atoms with Crippen molar-refractivity contribution in [3.05, 3.63) is 29.5 Å². The number of thioether (sulfide) groups is 1. The number of rotatable bonds is 7. The van der Waals surface area contributed by atoms with Gasteiger partial charge >= 0.3 is 5.97 Å². The summed E-state index contributed by atoms with van der Waals surface area (Å²) < 4.78 is 5.07. The number of allylic oxidation sites excluding steroid dienone is 1. The van der Waals surface area contributed by atoms with Gasteiger partial charge in [-0.05, 0) is 44.2 Å². The summed E-state index contributed by atoms with van der Waals surface area (Å²) in [4.78, 5) is 22.3. The van der Waals surface area contributed by atoms with Crippen LogP contribution >= 0.6 is 11.8 Å². The van der Waals surface area contributed by atoms with Gasteiger partial charge in [0.2, 0.25) is 11.7 Å². The third-order valence-corrected chi connectivity index (χ3v) is 4.20. The van der Waals surface area contributed by atoms with Gasteiger partial charge in [0, 0.05) is 6.54 Å². The number of carbonyl (C=O) groups is 2. The molecule has 1 amide bonds. The normalized spacial score (nSPS) is 14.6. The summed E-state index contributed by atoms with van der Waals surface area (Å²) in [5, 5.41) is 12.0. The average molecular weight is 309 g/mol. The molecule has 1 aromatic rings. The van der Waals surface area contributed by atoms with Gasteiger partial charge < -0.3 is 14.8 Å². The molecule has 1 heterocycles. The maximum absolute atomic E-state index is 11.7. The van der Waals surface area contributed by atoms with Crippen LogP contribution in [0.2, 0.25) is 0 Å². The maximum atomic E-state index is 11.7. The van der Waals surface area contributed by atoms with E-state index >= 15 is 0 Å². The lowest BCUT2D eigenvalue weighted by molar-refractivity contribution is -0.118. The second-order valence-corrected chi connectivity index (χ2v) is 5.90. The first kappa shape index (κ1) is 15.7. The van der Waals surface area contributed by atoms with Gasteiger partial charge in [0.25, 0.3) is 0 Å². The predicted molar refractivity (Wildman–Crippen MR) is 80.6 cm³/mol. The Morgan fingerprint density at radius 2 is 2.19 bits per heavy atom. The van der Waals surface area contributed by atoms with Crippen LogP contribution in [-0.4, -0.2) is 29.3 Å². The fourth-order valence-corrected chi connectivity index (χ4v) is 2.88. The molecule has 1 aliphatic rings. The van der Waals surface area contributed by atoms with E-state index in [1.807, 2.05) is 0 Å². The summed E-state index contributed by atoms with van der Waals surface area (Å²) >= 11 is 1.20. The Kier molecular flexibility index (Phi) is 5.92. The standard InChI is InChI=1S/C15H19NO4S/c17-13(16-9-8-11-4-2-1-3-5-11)10-21-14-7-6-12(20-14)15(18)19/h4,6-7H,1-3,5,8-10H2,(H,16,17)(H,18,19). The molecule has 114 valence electrons. The molecule has 0 bridgehead atoms. The smallest absolute Gasteiger partial charge is 0.371 e. The molecule has 6 heteroatoms. The minimum Gasteiger partial charge on any atom is -0.475 e. The Hall–Kier alpha value is -1.69. The molecule has 0 saturated heterocycles. The Morgan fingerprint density at radius 1 is 1.33 bits per heavy atom. The van der Waals surface area contributed by atoms with Gasteiger partial charge in [0.05, 0.1) is 5.75 Å². The van der Waals surface area contributed by atoms with Gasteiger partial charge in [-0.25, -0.2) is 4.79 Å². The molecule has 0 spiro atoms. The van der Waals surface area contributed by atoms with E-state index in [1.54, 1.807) is 6.07 Å². The SMILES string of the molecule is O=C(CSc1ccc(C(=O)O)o1)NCCC1=CCCCC1. The number of amides is 1. The van der Waals surface area contributed by atoms with Crippen LogP contribution in [0, 0.1) is 0 Å². The Labute approximate surface area is 127 Å². The van der Waals surface area contributed by atoms with Crippen LogP contribution in [-0.2, 0) is 4.79 Å². The highest BCUT2D eigenvalue weighted by Crippen LogP contribution is 2.21. The summed E-state index contributed by atoms with van der Waals surface area (Å²) in [6.45, 7) is 0.657. The number of aromatic carboxylic acids is 1. The number of hydrogen-bond donors (Lipinski definition) is 2. The van der Waals surface area contributed by atoms with E-state index in [1.165, 1.54) is 36.2 Å². The van der Waals surface area contributed by atoms with E-state index in [0.29, 0.717) is 11.6 Å². The number of nitrogens with one attached hydrogen (secondary N) is 1. The third-order valence-electron chi connectivity index (χ3n) is 3.29. The van der Waals surface area contributed by atoms with E-state index in [2.05, 4.69) is 11.4 Å². The maximum Gasteiger partial charge on any atom is 0.371 e. The quantitative estimate of drug-likeness (QED) is 0.597. The van der Waals surface area contributed by atoms with Crippen LogP contribution in [0.3, 0.4) is 0 Å². The van der Waals surface area contributed by atoms with E-state index in [9.17, 15) is 9.59 Å². The lowest BCUT2D eigenvalue weighted by atomic mass is 9.97. The van der Waals surface area contributed by atoms with Crippen molar-refractivity contribution in [1.29, 1.82) is 0 Å². The van der Waals surface area contributed by atoms with E-state index in [0.717, 1.165) is 19.3 Å². The minimum absolute atomic E-state index is 0.0651. The topological polar surface area (TPSA) is 79.5 Å². The third kappa shape index (κ3) is 5.30. The molecule has 1 aromatic heterocycles. The van der Waals surface area contributed by atoms with Crippen molar-refractivity contribution < 1.29 is 19.1 Å². The number of hydrogen-bond acceptors (Lipinski definition) is 4. The minimum atomic E-state index is -1.10. The fourth-order valence-electron chi connectivity index (χ4n) is 2.19. The van der Waals surface area contributed by atoms with Crippen molar-refractivity contribution in [2.45, 2.75) is 37.2 Å². The summed E-state index contributed by atoms with van der Waals surface area (Å²) in [6.07, 6.45) is 8.02. The number of carbonyl (C=O) groups excluding carboxylic acids is 1. The van der Waals surface area contributed by atoms with Crippen LogP contribution in [0.5, 0.6) is 0 Å². The lowest BCUT2D eigenvalue weighted by Gasteiger charge is -2.12. The molecule has 0 aliphatic heterocycles. The Morgan fingerprint density at radius 3 is 2.86 bits per heavy atom. The molecule has 2 rings (SSSR count). The van der Waals surface area contributed by atoms with E-state index in [4.69, 9.17) is 9.52 Å². The summed E-state index contributed by atoms with van der Waals surface area (Å²) in [6, 6.07) is 2.95. The van der Waals surface area contributed by atoms with Crippen molar-refractivity contribution in [1.82, 2.24) is 5.32 Å². The Bertz CT molecular complexity index is 536. The van der Waals surface area contributed by atoms with Crippen molar-refractivity contribution in [2.75, 3.05) is 12.3 Å². The van der Waals surface area contributed by atoms with Gasteiger partial charge in [-0.2, -0.15) is 0 Å². The molecule has 0 saturated carbocycles. The largest absolute Gasteiger partial charge is 0.475 e. The molecule has 0 fully saturated rings. The first-order valence-electron chi connectivity index (χ1n) is 7.05. The number of carboxylic acid groups (broad SMARTS) is 1. The zero-order valence-corrected chi connectivity index (χ0v) is 12.6. The van der Waals surface area contributed by atoms with Crippen LogP contribution in [0.1, 0.15) is 42.7 Å². The first-order valence-corrected chi connectivity index (χ1v) is 8.04. The molecule has 5 nitrogen and oxygen atoms in total. The van der Waals surface area contributed by atoms with E-state index < -0.39 is 5.97 Å². The zero-order valence-electron chi connectivity index (χ0n) is 11.8. The number of furan rings is 1. The highest BCUT2D eigenvalue weighted by molar-refractivity contribution is 7.99. The second kappa shape index (κ2) is 7.93. The molecule has 0 unspecified atom stereocenters. The molecule has 1 aliphatic carbocycles. The van der Waals surface area contributed by atoms with Gasteiger partial charge in [-0.15, -0.1) is 0 Å². The van der Waals surface area contributed by atoms with Gasteiger partial charge in [-0.3, -0.25) is 4.79 Å². The van der Waals surface area contributed by atoms with Crippen molar-refractivity contribution >= 4 is 23.6 Å². The Balaban J connectivity index is 1.64. The summed E-state index contributed by atoms with van der Waals surface area (Å²) in [5.41, 5.74) is 1.44. The summed E-state index contributed by atoms with van der Waals surface area (Å²) in [5.74, 6) is -1.05. The predicted octanol–water partition coefficient (Wildman–Crippen LogP) is 3.08. The average Bonchev–Trinajstić information content (AvgIpc) is 2.95.